The second-order valence-electron chi connectivity index (χ2n) is 5.02. The van der Waals surface area contributed by atoms with Crippen LogP contribution in [0, 0.1) is 0 Å². The SMILES string of the molecule is COc1ccc(C(=O)NCCCN2CCOCC2)c(N)c1. The van der Waals surface area contributed by atoms with E-state index in [9.17, 15) is 4.79 Å². The van der Waals surface area contributed by atoms with Crippen LogP contribution in [0.4, 0.5) is 5.69 Å². The van der Waals surface area contributed by atoms with Gasteiger partial charge in [-0.3, -0.25) is 9.69 Å². The number of nitrogens with two attached hydrogens (primary N) is 1. The molecular weight excluding hydrogens is 270 g/mol. The van der Waals surface area contributed by atoms with Gasteiger partial charge < -0.3 is 20.5 Å². The number of carbonyl (C=O) groups is 1. The third-order valence-electron chi connectivity index (χ3n) is 3.54. The van der Waals surface area contributed by atoms with E-state index in [1.165, 1.54) is 0 Å². The predicted molar refractivity (Wildman–Crippen MR) is 81.6 cm³/mol. The number of anilines is 1. The summed E-state index contributed by atoms with van der Waals surface area (Å²) in [6, 6.07) is 5.08. The number of rotatable bonds is 6. The summed E-state index contributed by atoms with van der Waals surface area (Å²) in [4.78, 5) is 14.4. The highest BCUT2D eigenvalue weighted by molar-refractivity contribution is 5.99. The van der Waals surface area contributed by atoms with Crippen LogP contribution in [0.5, 0.6) is 5.75 Å². The van der Waals surface area contributed by atoms with Crippen LogP contribution in [-0.4, -0.2) is 57.3 Å². The number of nitrogen functional groups attached to an aromatic ring is 1. The van der Waals surface area contributed by atoms with Crippen molar-refractivity contribution in [3.63, 3.8) is 0 Å². The zero-order chi connectivity index (χ0) is 15.1. The first-order chi connectivity index (χ1) is 10.2. The molecule has 0 bridgehead atoms. The molecule has 0 saturated carbocycles. The monoisotopic (exact) mass is 293 g/mol. The average molecular weight is 293 g/mol. The van der Waals surface area contributed by atoms with Gasteiger partial charge in [0.15, 0.2) is 0 Å². The number of morpholine rings is 1. The Bertz CT molecular complexity index is 473. The number of hydrogen-bond donors (Lipinski definition) is 2. The molecule has 116 valence electrons. The molecule has 21 heavy (non-hydrogen) atoms. The highest BCUT2D eigenvalue weighted by atomic mass is 16.5. The van der Waals surface area contributed by atoms with Crippen LogP contribution in [0.3, 0.4) is 0 Å². The summed E-state index contributed by atoms with van der Waals surface area (Å²) in [7, 11) is 1.57. The zero-order valence-electron chi connectivity index (χ0n) is 12.4. The molecule has 1 aliphatic rings. The summed E-state index contributed by atoms with van der Waals surface area (Å²) in [5.74, 6) is 0.508. The van der Waals surface area contributed by atoms with Gasteiger partial charge in [-0.15, -0.1) is 0 Å². The van der Waals surface area contributed by atoms with Gasteiger partial charge in [0.25, 0.3) is 5.91 Å². The lowest BCUT2D eigenvalue weighted by atomic mass is 10.1. The molecule has 0 aromatic heterocycles. The predicted octanol–water partition coefficient (Wildman–Crippen LogP) is 0.730. The summed E-state index contributed by atoms with van der Waals surface area (Å²) in [6.07, 6.45) is 0.918. The molecule has 6 heteroatoms. The van der Waals surface area contributed by atoms with Gasteiger partial charge in [-0.2, -0.15) is 0 Å². The van der Waals surface area contributed by atoms with E-state index in [4.69, 9.17) is 15.2 Å². The van der Waals surface area contributed by atoms with Crippen LogP contribution in [-0.2, 0) is 4.74 Å². The first-order valence-corrected chi connectivity index (χ1v) is 7.22. The first-order valence-electron chi connectivity index (χ1n) is 7.22. The Balaban J connectivity index is 1.74. The Kier molecular flexibility index (Phi) is 5.83. The van der Waals surface area contributed by atoms with Gasteiger partial charge in [-0.1, -0.05) is 0 Å². The highest BCUT2D eigenvalue weighted by Gasteiger charge is 2.12. The topological polar surface area (TPSA) is 76.8 Å². The highest BCUT2D eigenvalue weighted by Crippen LogP contribution is 2.19. The fourth-order valence-electron chi connectivity index (χ4n) is 2.30. The summed E-state index contributed by atoms with van der Waals surface area (Å²) < 4.78 is 10.4. The molecule has 2 rings (SSSR count). The first kappa shape index (κ1) is 15.6. The number of methoxy groups -OCH3 is 1. The molecule has 1 aromatic rings. The minimum Gasteiger partial charge on any atom is -0.497 e. The average Bonchev–Trinajstić information content (AvgIpc) is 2.52. The van der Waals surface area contributed by atoms with E-state index in [2.05, 4.69) is 10.2 Å². The van der Waals surface area contributed by atoms with Crippen molar-refractivity contribution >= 4 is 11.6 Å². The maximum Gasteiger partial charge on any atom is 0.253 e. The molecule has 6 nitrogen and oxygen atoms in total. The standard InChI is InChI=1S/C15H23N3O3/c1-20-12-3-4-13(14(16)11-12)15(19)17-5-2-6-18-7-9-21-10-8-18/h3-4,11H,2,5-10,16H2,1H3,(H,17,19). The van der Waals surface area contributed by atoms with Crippen LogP contribution < -0.4 is 15.8 Å². The molecule has 1 aliphatic heterocycles. The van der Waals surface area contributed by atoms with Crippen molar-refractivity contribution in [2.45, 2.75) is 6.42 Å². The Morgan fingerprint density at radius 3 is 2.86 bits per heavy atom. The lowest BCUT2D eigenvalue weighted by Gasteiger charge is -2.26. The van der Waals surface area contributed by atoms with E-state index >= 15 is 0 Å². The summed E-state index contributed by atoms with van der Waals surface area (Å²) in [5, 5.41) is 2.90. The lowest BCUT2D eigenvalue weighted by Crippen LogP contribution is -2.38. The van der Waals surface area contributed by atoms with Crippen molar-refractivity contribution in [1.29, 1.82) is 0 Å². The van der Waals surface area contributed by atoms with E-state index in [0.29, 0.717) is 23.5 Å². The molecule has 0 unspecified atom stereocenters. The maximum absolute atomic E-state index is 12.1. The van der Waals surface area contributed by atoms with Crippen molar-refractivity contribution < 1.29 is 14.3 Å². The van der Waals surface area contributed by atoms with Crippen LogP contribution >= 0.6 is 0 Å². The molecule has 0 aliphatic carbocycles. The van der Waals surface area contributed by atoms with Gasteiger partial charge in [-0.05, 0) is 25.1 Å². The van der Waals surface area contributed by atoms with Crippen molar-refractivity contribution in [1.82, 2.24) is 10.2 Å². The summed E-state index contributed by atoms with van der Waals surface area (Å²) >= 11 is 0. The van der Waals surface area contributed by atoms with Crippen molar-refractivity contribution in [2.75, 3.05) is 52.2 Å². The number of nitrogens with zero attached hydrogens (tertiary/aromatic N) is 1. The van der Waals surface area contributed by atoms with Gasteiger partial charge in [0.2, 0.25) is 0 Å². The Labute approximate surface area is 125 Å². The smallest absolute Gasteiger partial charge is 0.253 e. The number of benzene rings is 1. The number of ether oxygens (including phenoxy) is 2. The van der Waals surface area contributed by atoms with Crippen molar-refractivity contribution in [3.05, 3.63) is 23.8 Å². The molecule has 3 N–H and O–H groups in total. The van der Waals surface area contributed by atoms with Crippen molar-refractivity contribution in [2.24, 2.45) is 0 Å². The molecule has 0 atom stereocenters. The molecule has 0 radical (unpaired) electrons. The van der Waals surface area contributed by atoms with Crippen LogP contribution in [0.1, 0.15) is 16.8 Å². The molecule has 1 fully saturated rings. The van der Waals surface area contributed by atoms with Gasteiger partial charge in [0, 0.05) is 31.4 Å². The molecular formula is C15H23N3O3. The summed E-state index contributed by atoms with van der Waals surface area (Å²) in [6.45, 7) is 5.16. The number of hydrogen-bond acceptors (Lipinski definition) is 5. The molecule has 1 saturated heterocycles. The Morgan fingerprint density at radius 2 is 2.19 bits per heavy atom. The Hall–Kier alpha value is -1.79. The van der Waals surface area contributed by atoms with Crippen molar-refractivity contribution in [3.8, 4) is 5.75 Å². The Morgan fingerprint density at radius 1 is 1.43 bits per heavy atom. The van der Waals surface area contributed by atoms with Gasteiger partial charge in [0.1, 0.15) is 5.75 Å². The largest absolute Gasteiger partial charge is 0.497 e. The quantitative estimate of drug-likeness (QED) is 0.597. The number of nitrogens with one attached hydrogen (secondary N) is 1. The normalized spacial score (nSPS) is 15.7. The number of carbonyl (C=O) groups excluding carboxylic acids is 1. The van der Waals surface area contributed by atoms with Crippen LogP contribution in [0.15, 0.2) is 18.2 Å². The van der Waals surface area contributed by atoms with Crippen LogP contribution in [0.25, 0.3) is 0 Å². The summed E-state index contributed by atoms with van der Waals surface area (Å²) in [5.41, 5.74) is 6.77. The third-order valence-corrected chi connectivity index (χ3v) is 3.54. The molecule has 1 heterocycles. The maximum atomic E-state index is 12.1. The van der Waals surface area contributed by atoms with E-state index in [0.717, 1.165) is 39.3 Å². The minimum atomic E-state index is -0.142. The lowest BCUT2D eigenvalue weighted by molar-refractivity contribution is 0.0374. The van der Waals surface area contributed by atoms with Gasteiger partial charge >= 0.3 is 0 Å². The molecule has 0 spiro atoms. The number of amides is 1. The van der Waals surface area contributed by atoms with E-state index in [1.807, 2.05) is 0 Å². The fourth-order valence-corrected chi connectivity index (χ4v) is 2.30. The second kappa shape index (κ2) is 7.85. The zero-order valence-corrected chi connectivity index (χ0v) is 12.4. The minimum absolute atomic E-state index is 0.142. The van der Waals surface area contributed by atoms with E-state index < -0.39 is 0 Å². The second-order valence-corrected chi connectivity index (χ2v) is 5.02. The molecule has 1 amide bonds. The van der Waals surface area contributed by atoms with Crippen LogP contribution in [0.2, 0.25) is 0 Å². The molecule has 1 aromatic carbocycles. The van der Waals surface area contributed by atoms with E-state index in [-0.39, 0.29) is 5.91 Å². The van der Waals surface area contributed by atoms with Gasteiger partial charge in [0.05, 0.1) is 25.9 Å². The third kappa shape index (κ3) is 4.61. The van der Waals surface area contributed by atoms with Gasteiger partial charge in [-0.25, -0.2) is 0 Å². The fraction of sp³-hybridized carbons (Fsp3) is 0.533. The van der Waals surface area contributed by atoms with E-state index in [1.54, 1.807) is 25.3 Å².